The van der Waals surface area contributed by atoms with E-state index >= 15 is 0 Å². The summed E-state index contributed by atoms with van der Waals surface area (Å²) < 4.78 is 31.0. The lowest BCUT2D eigenvalue weighted by Gasteiger charge is -2.15. The van der Waals surface area contributed by atoms with Crippen LogP contribution in [-0.4, -0.2) is 60.4 Å². The van der Waals surface area contributed by atoms with Gasteiger partial charge in [0.1, 0.15) is 0 Å². The normalized spacial score (nSPS) is 18.7. The van der Waals surface area contributed by atoms with Gasteiger partial charge in [0.25, 0.3) is 5.91 Å². The Morgan fingerprint density at radius 3 is 2.62 bits per heavy atom. The fraction of sp³-hybridized carbons (Fsp3) is 0.435. The van der Waals surface area contributed by atoms with Gasteiger partial charge in [0.2, 0.25) is 0 Å². The van der Waals surface area contributed by atoms with Gasteiger partial charge in [-0.2, -0.15) is 5.10 Å². The predicted octanol–water partition coefficient (Wildman–Crippen LogP) is 2.84. The van der Waals surface area contributed by atoms with E-state index < -0.39 is 9.84 Å². The summed E-state index contributed by atoms with van der Waals surface area (Å²) in [7, 11) is -1.51. The average molecular weight is 457 g/mol. The molecule has 1 saturated heterocycles. The van der Waals surface area contributed by atoms with Crippen molar-refractivity contribution >= 4 is 26.8 Å². The highest BCUT2D eigenvalue weighted by atomic mass is 32.2. The SMILES string of the molecule is COC[C@H](C)NC(=O)c1cc(-c2ccc(C)cc2)nc2c1c(C)nn2[C@@H]1CCS(=O)(=O)C1. The first kappa shape index (κ1) is 22.4. The van der Waals surface area contributed by atoms with Crippen LogP contribution in [0.25, 0.3) is 22.3 Å². The Morgan fingerprint density at radius 2 is 2.00 bits per heavy atom. The first-order valence-electron chi connectivity index (χ1n) is 10.7. The van der Waals surface area contributed by atoms with Gasteiger partial charge in [-0.15, -0.1) is 0 Å². The second kappa shape index (κ2) is 8.63. The van der Waals surface area contributed by atoms with E-state index in [9.17, 15) is 13.2 Å². The van der Waals surface area contributed by atoms with Crippen LogP contribution in [0.1, 0.15) is 41.0 Å². The van der Waals surface area contributed by atoms with Crippen molar-refractivity contribution in [3.8, 4) is 11.3 Å². The summed E-state index contributed by atoms with van der Waals surface area (Å²) in [6.07, 6.45) is 0.487. The zero-order valence-corrected chi connectivity index (χ0v) is 19.6. The van der Waals surface area contributed by atoms with Gasteiger partial charge in [-0.3, -0.25) is 4.79 Å². The largest absolute Gasteiger partial charge is 0.383 e. The number of nitrogens with zero attached hydrogens (tertiary/aromatic N) is 3. The van der Waals surface area contributed by atoms with Crippen molar-refractivity contribution in [3.05, 3.63) is 47.2 Å². The molecule has 4 rings (SSSR count). The second-order valence-electron chi connectivity index (χ2n) is 8.54. The van der Waals surface area contributed by atoms with Gasteiger partial charge >= 0.3 is 0 Å². The molecule has 0 aliphatic carbocycles. The second-order valence-corrected chi connectivity index (χ2v) is 10.8. The quantitative estimate of drug-likeness (QED) is 0.612. The molecule has 0 radical (unpaired) electrons. The highest BCUT2D eigenvalue weighted by molar-refractivity contribution is 7.91. The number of nitrogens with one attached hydrogen (secondary N) is 1. The van der Waals surface area contributed by atoms with Crippen molar-refractivity contribution in [2.24, 2.45) is 0 Å². The zero-order chi connectivity index (χ0) is 23.0. The number of benzene rings is 1. The summed E-state index contributed by atoms with van der Waals surface area (Å²) in [5.41, 5.74) is 4.30. The molecule has 3 heterocycles. The molecule has 2 atom stereocenters. The third-order valence-corrected chi connectivity index (χ3v) is 7.53. The van der Waals surface area contributed by atoms with E-state index in [1.807, 2.05) is 45.0 Å². The summed E-state index contributed by atoms with van der Waals surface area (Å²) in [4.78, 5) is 18.1. The van der Waals surface area contributed by atoms with E-state index in [2.05, 4.69) is 10.4 Å². The number of amides is 1. The molecular formula is C23H28N4O4S. The minimum Gasteiger partial charge on any atom is -0.383 e. The summed E-state index contributed by atoms with van der Waals surface area (Å²) in [6.45, 7) is 6.10. The molecule has 170 valence electrons. The fourth-order valence-electron chi connectivity index (χ4n) is 4.18. The number of pyridine rings is 1. The van der Waals surface area contributed by atoms with Gasteiger partial charge in [-0.1, -0.05) is 29.8 Å². The third kappa shape index (κ3) is 4.40. The number of carbonyl (C=O) groups excluding carboxylic acids is 1. The number of rotatable bonds is 6. The minimum atomic E-state index is -3.10. The number of methoxy groups -OCH3 is 1. The van der Waals surface area contributed by atoms with Gasteiger partial charge < -0.3 is 10.1 Å². The molecule has 32 heavy (non-hydrogen) atoms. The number of hydrogen-bond acceptors (Lipinski definition) is 6. The molecule has 0 unspecified atom stereocenters. The lowest BCUT2D eigenvalue weighted by Crippen LogP contribution is -2.35. The first-order chi connectivity index (χ1) is 15.2. The molecule has 1 N–H and O–H groups in total. The van der Waals surface area contributed by atoms with E-state index in [-0.39, 0.29) is 29.5 Å². The minimum absolute atomic E-state index is 0.0338. The Bertz CT molecular complexity index is 1270. The maximum atomic E-state index is 13.2. The Balaban J connectivity index is 1.88. The number of carbonyl (C=O) groups is 1. The molecule has 1 amide bonds. The van der Waals surface area contributed by atoms with Gasteiger partial charge in [0, 0.05) is 18.7 Å². The molecule has 1 aliphatic heterocycles. The van der Waals surface area contributed by atoms with E-state index in [1.54, 1.807) is 17.9 Å². The van der Waals surface area contributed by atoms with Gasteiger partial charge in [-0.05, 0) is 33.3 Å². The first-order valence-corrected chi connectivity index (χ1v) is 12.5. The highest BCUT2D eigenvalue weighted by Crippen LogP contribution is 2.32. The molecule has 9 heteroatoms. The molecule has 1 aliphatic rings. The van der Waals surface area contributed by atoms with E-state index in [4.69, 9.17) is 9.72 Å². The monoisotopic (exact) mass is 456 g/mol. The summed E-state index contributed by atoms with van der Waals surface area (Å²) in [5, 5.41) is 8.25. The van der Waals surface area contributed by atoms with E-state index in [0.29, 0.717) is 41.0 Å². The average Bonchev–Trinajstić information content (AvgIpc) is 3.27. The smallest absolute Gasteiger partial charge is 0.252 e. The van der Waals surface area contributed by atoms with Crippen LogP contribution in [0.3, 0.4) is 0 Å². The van der Waals surface area contributed by atoms with E-state index in [0.717, 1.165) is 11.1 Å². The van der Waals surface area contributed by atoms with Crippen LogP contribution in [-0.2, 0) is 14.6 Å². The van der Waals surface area contributed by atoms with E-state index in [1.165, 1.54) is 0 Å². The van der Waals surface area contributed by atoms with Crippen molar-refractivity contribution in [2.75, 3.05) is 25.2 Å². The van der Waals surface area contributed by atoms with Crippen molar-refractivity contribution in [1.82, 2.24) is 20.1 Å². The number of hydrogen-bond donors (Lipinski definition) is 1. The molecule has 0 bridgehead atoms. The maximum Gasteiger partial charge on any atom is 0.252 e. The van der Waals surface area contributed by atoms with Gasteiger partial charge in [0.05, 0.1) is 46.5 Å². The van der Waals surface area contributed by atoms with Crippen LogP contribution in [0.4, 0.5) is 0 Å². The lowest BCUT2D eigenvalue weighted by atomic mass is 10.0. The number of aromatic nitrogens is 3. The standard InChI is InChI=1S/C23H28N4O4S/c1-14-5-7-17(8-6-14)20-11-19(23(28)24-15(2)12-31-4)21-16(3)26-27(22(21)25-20)18-9-10-32(29,30)13-18/h5-8,11,15,18H,9-10,12-13H2,1-4H3,(H,24,28)/t15-,18+/m0/s1. The van der Waals surface area contributed by atoms with Crippen molar-refractivity contribution in [3.63, 3.8) is 0 Å². The molecule has 0 saturated carbocycles. The van der Waals surface area contributed by atoms with Crippen LogP contribution in [0.15, 0.2) is 30.3 Å². The maximum absolute atomic E-state index is 13.2. The van der Waals surface area contributed by atoms with Gasteiger partial charge in [-0.25, -0.2) is 18.1 Å². The Kier molecular flexibility index (Phi) is 6.05. The third-order valence-electron chi connectivity index (χ3n) is 5.78. The molecule has 0 spiro atoms. The predicted molar refractivity (Wildman–Crippen MR) is 124 cm³/mol. The highest BCUT2D eigenvalue weighted by Gasteiger charge is 2.32. The number of ether oxygens (including phenoxy) is 1. The zero-order valence-electron chi connectivity index (χ0n) is 18.8. The van der Waals surface area contributed by atoms with Crippen LogP contribution in [0.2, 0.25) is 0 Å². The molecular weight excluding hydrogens is 428 g/mol. The summed E-state index contributed by atoms with van der Waals surface area (Å²) in [5.74, 6) is -0.0686. The lowest BCUT2D eigenvalue weighted by molar-refractivity contribution is 0.0907. The van der Waals surface area contributed by atoms with Crippen molar-refractivity contribution < 1.29 is 17.9 Å². The van der Waals surface area contributed by atoms with Crippen LogP contribution in [0, 0.1) is 13.8 Å². The van der Waals surface area contributed by atoms with Gasteiger partial charge in [0.15, 0.2) is 15.5 Å². The molecule has 3 aromatic rings. The fourth-order valence-corrected chi connectivity index (χ4v) is 5.87. The number of fused-ring (bicyclic) bond motifs is 1. The Morgan fingerprint density at radius 1 is 1.28 bits per heavy atom. The molecule has 1 aromatic carbocycles. The topological polar surface area (TPSA) is 103 Å². The Hall–Kier alpha value is -2.78. The van der Waals surface area contributed by atoms with Crippen molar-refractivity contribution in [1.29, 1.82) is 0 Å². The molecule has 1 fully saturated rings. The molecule has 8 nitrogen and oxygen atoms in total. The molecule has 2 aromatic heterocycles. The van der Waals surface area contributed by atoms with Crippen LogP contribution < -0.4 is 5.32 Å². The number of sulfone groups is 1. The Labute approximate surface area is 187 Å². The van der Waals surface area contributed by atoms with Crippen LogP contribution >= 0.6 is 0 Å². The van der Waals surface area contributed by atoms with Crippen LogP contribution in [0.5, 0.6) is 0 Å². The van der Waals surface area contributed by atoms with Crippen molar-refractivity contribution in [2.45, 2.75) is 39.3 Å². The summed E-state index contributed by atoms with van der Waals surface area (Å²) >= 11 is 0. The number of aryl methyl sites for hydroxylation is 2. The summed E-state index contributed by atoms with van der Waals surface area (Å²) in [6, 6.07) is 9.24.